The molecule has 0 aliphatic rings. The van der Waals surface area contributed by atoms with E-state index in [1.807, 2.05) is 56.3 Å². The smallest absolute Gasteiger partial charge is 0.315 e. The highest BCUT2D eigenvalue weighted by atomic mass is 16.5. The van der Waals surface area contributed by atoms with Crippen molar-refractivity contribution >= 4 is 6.03 Å². The van der Waals surface area contributed by atoms with Crippen molar-refractivity contribution in [1.82, 2.24) is 10.6 Å². The van der Waals surface area contributed by atoms with Gasteiger partial charge in [0.15, 0.2) is 11.5 Å². The number of methoxy groups -OCH3 is 3. The van der Waals surface area contributed by atoms with Crippen molar-refractivity contribution in [2.45, 2.75) is 25.8 Å². The summed E-state index contributed by atoms with van der Waals surface area (Å²) >= 11 is 0. The normalized spacial score (nSPS) is 10.9. The molecular formula is C21H28N2O4. The second-order valence-corrected chi connectivity index (χ2v) is 6.64. The third-order valence-electron chi connectivity index (χ3n) is 4.40. The first-order valence-corrected chi connectivity index (χ1v) is 8.81. The molecule has 6 nitrogen and oxygen atoms in total. The number of benzene rings is 2. The van der Waals surface area contributed by atoms with E-state index < -0.39 is 5.54 Å². The second-order valence-electron chi connectivity index (χ2n) is 6.64. The molecule has 0 saturated carbocycles. The summed E-state index contributed by atoms with van der Waals surface area (Å²) in [5.74, 6) is 2.10. The van der Waals surface area contributed by atoms with Crippen LogP contribution in [-0.4, -0.2) is 33.9 Å². The van der Waals surface area contributed by atoms with E-state index in [4.69, 9.17) is 14.2 Å². The zero-order valence-corrected chi connectivity index (χ0v) is 16.6. The fourth-order valence-corrected chi connectivity index (χ4v) is 2.85. The van der Waals surface area contributed by atoms with Crippen LogP contribution in [0.1, 0.15) is 25.0 Å². The summed E-state index contributed by atoms with van der Waals surface area (Å²) in [6.07, 6.45) is 0.689. The average Bonchev–Trinajstić information content (AvgIpc) is 2.67. The minimum absolute atomic E-state index is 0.232. The number of carbonyl (C=O) groups excluding carboxylic acids is 1. The van der Waals surface area contributed by atoms with Gasteiger partial charge in [-0.2, -0.15) is 0 Å². The molecule has 0 fully saturated rings. The standard InChI is InChI=1S/C21H28N2O4/c1-21(2,16-10-11-18(26-4)19(14-16)27-5)23-20(24)22-13-12-15-8-6-7-9-17(15)25-3/h6-11,14H,12-13H2,1-5H3,(H2,22,23,24). The molecular weight excluding hydrogens is 344 g/mol. The molecule has 146 valence electrons. The molecule has 0 radical (unpaired) electrons. The first kappa shape index (κ1) is 20.4. The summed E-state index contributed by atoms with van der Waals surface area (Å²) in [5.41, 5.74) is 1.40. The first-order valence-electron chi connectivity index (χ1n) is 8.81. The second kappa shape index (κ2) is 9.16. The lowest BCUT2D eigenvalue weighted by molar-refractivity contribution is 0.230. The van der Waals surface area contributed by atoms with Crippen molar-refractivity contribution in [3.8, 4) is 17.2 Å². The predicted molar refractivity (Wildman–Crippen MR) is 106 cm³/mol. The Bertz CT molecular complexity index is 775. The molecule has 2 rings (SSSR count). The maximum atomic E-state index is 12.3. The monoisotopic (exact) mass is 372 g/mol. The number of urea groups is 1. The molecule has 27 heavy (non-hydrogen) atoms. The number of para-hydroxylation sites is 1. The fourth-order valence-electron chi connectivity index (χ4n) is 2.85. The van der Waals surface area contributed by atoms with Crippen LogP contribution in [0.4, 0.5) is 4.79 Å². The summed E-state index contributed by atoms with van der Waals surface area (Å²) < 4.78 is 15.9. The Kier molecular flexibility index (Phi) is 6.93. The van der Waals surface area contributed by atoms with Gasteiger partial charge in [-0.25, -0.2) is 4.79 Å². The first-order chi connectivity index (χ1) is 12.9. The van der Waals surface area contributed by atoms with Crippen LogP contribution in [0.3, 0.4) is 0 Å². The van der Waals surface area contributed by atoms with Crippen molar-refractivity contribution in [2.24, 2.45) is 0 Å². The van der Waals surface area contributed by atoms with Gasteiger partial charge in [-0.15, -0.1) is 0 Å². The lowest BCUT2D eigenvalue weighted by atomic mass is 9.94. The molecule has 2 amide bonds. The molecule has 2 aromatic carbocycles. The average molecular weight is 372 g/mol. The van der Waals surface area contributed by atoms with Gasteiger partial charge >= 0.3 is 6.03 Å². The van der Waals surface area contributed by atoms with Gasteiger partial charge in [-0.05, 0) is 49.6 Å². The molecule has 2 aromatic rings. The van der Waals surface area contributed by atoms with Crippen LogP contribution in [0.5, 0.6) is 17.2 Å². The number of hydrogen-bond acceptors (Lipinski definition) is 4. The van der Waals surface area contributed by atoms with E-state index in [2.05, 4.69) is 10.6 Å². The van der Waals surface area contributed by atoms with E-state index in [0.717, 1.165) is 16.9 Å². The number of carbonyl (C=O) groups is 1. The zero-order chi connectivity index (χ0) is 19.9. The van der Waals surface area contributed by atoms with Crippen LogP contribution >= 0.6 is 0 Å². The van der Waals surface area contributed by atoms with Crippen LogP contribution in [0, 0.1) is 0 Å². The van der Waals surface area contributed by atoms with E-state index in [1.54, 1.807) is 21.3 Å². The number of rotatable bonds is 8. The third-order valence-corrected chi connectivity index (χ3v) is 4.40. The van der Waals surface area contributed by atoms with Crippen molar-refractivity contribution in [1.29, 1.82) is 0 Å². The van der Waals surface area contributed by atoms with E-state index in [-0.39, 0.29) is 6.03 Å². The number of amides is 2. The highest BCUT2D eigenvalue weighted by molar-refractivity contribution is 5.75. The molecule has 0 bridgehead atoms. The lowest BCUT2D eigenvalue weighted by Gasteiger charge is -2.27. The van der Waals surface area contributed by atoms with Gasteiger partial charge in [0, 0.05) is 6.54 Å². The Morgan fingerprint density at radius 3 is 2.26 bits per heavy atom. The van der Waals surface area contributed by atoms with Crippen LogP contribution < -0.4 is 24.8 Å². The van der Waals surface area contributed by atoms with Crippen molar-refractivity contribution in [3.05, 3.63) is 53.6 Å². The summed E-state index contributed by atoms with van der Waals surface area (Å²) in [6, 6.07) is 13.2. The molecule has 0 aliphatic heterocycles. The van der Waals surface area contributed by atoms with Gasteiger partial charge in [0.2, 0.25) is 0 Å². The minimum atomic E-state index is -0.575. The quantitative estimate of drug-likeness (QED) is 0.744. The maximum Gasteiger partial charge on any atom is 0.315 e. The van der Waals surface area contributed by atoms with Crippen LogP contribution in [0.25, 0.3) is 0 Å². The lowest BCUT2D eigenvalue weighted by Crippen LogP contribution is -2.46. The third kappa shape index (κ3) is 5.29. The van der Waals surface area contributed by atoms with E-state index in [1.165, 1.54) is 0 Å². The molecule has 0 aromatic heterocycles. The number of nitrogens with one attached hydrogen (secondary N) is 2. The van der Waals surface area contributed by atoms with E-state index in [9.17, 15) is 4.79 Å². The Balaban J connectivity index is 1.95. The Labute approximate surface area is 160 Å². The summed E-state index contributed by atoms with van der Waals surface area (Å²) in [5, 5.41) is 5.90. The predicted octanol–water partition coefficient (Wildman–Crippen LogP) is 3.49. The molecule has 0 heterocycles. The molecule has 0 saturated heterocycles. The maximum absolute atomic E-state index is 12.3. The molecule has 2 N–H and O–H groups in total. The van der Waals surface area contributed by atoms with Crippen LogP contribution in [-0.2, 0) is 12.0 Å². The summed E-state index contributed by atoms with van der Waals surface area (Å²) in [7, 11) is 4.83. The molecule has 0 atom stereocenters. The highest BCUT2D eigenvalue weighted by Gasteiger charge is 2.24. The van der Waals surface area contributed by atoms with Crippen LogP contribution in [0.2, 0.25) is 0 Å². The van der Waals surface area contributed by atoms with Gasteiger partial charge in [-0.3, -0.25) is 0 Å². The Morgan fingerprint density at radius 2 is 1.59 bits per heavy atom. The molecule has 0 unspecified atom stereocenters. The Morgan fingerprint density at radius 1 is 0.926 bits per heavy atom. The molecule has 0 spiro atoms. The fraction of sp³-hybridized carbons (Fsp3) is 0.381. The minimum Gasteiger partial charge on any atom is -0.496 e. The molecule has 0 aliphatic carbocycles. The molecule has 6 heteroatoms. The van der Waals surface area contributed by atoms with Gasteiger partial charge in [0.25, 0.3) is 0 Å². The largest absolute Gasteiger partial charge is 0.496 e. The number of ether oxygens (including phenoxy) is 3. The van der Waals surface area contributed by atoms with Gasteiger partial charge in [0.05, 0.1) is 26.9 Å². The van der Waals surface area contributed by atoms with Crippen LogP contribution in [0.15, 0.2) is 42.5 Å². The van der Waals surface area contributed by atoms with Gasteiger partial charge < -0.3 is 24.8 Å². The Hall–Kier alpha value is -2.89. The van der Waals surface area contributed by atoms with E-state index >= 15 is 0 Å². The SMILES string of the molecule is COc1ccccc1CCNC(=O)NC(C)(C)c1ccc(OC)c(OC)c1. The van der Waals surface area contributed by atoms with Crippen molar-refractivity contribution < 1.29 is 19.0 Å². The zero-order valence-electron chi connectivity index (χ0n) is 16.6. The topological polar surface area (TPSA) is 68.8 Å². The summed E-state index contributed by atoms with van der Waals surface area (Å²) in [4.78, 5) is 12.3. The highest BCUT2D eigenvalue weighted by Crippen LogP contribution is 2.32. The summed E-state index contributed by atoms with van der Waals surface area (Å²) in [6.45, 7) is 4.39. The van der Waals surface area contributed by atoms with Gasteiger partial charge in [0.1, 0.15) is 5.75 Å². The van der Waals surface area contributed by atoms with Gasteiger partial charge in [-0.1, -0.05) is 24.3 Å². The van der Waals surface area contributed by atoms with Crippen molar-refractivity contribution in [2.75, 3.05) is 27.9 Å². The van der Waals surface area contributed by atoms with E-state index in [0.29, 0.717) is 24.5 Å². The number of hydrogen-bond donors (Lipinski definition) is 2. The van der Waals surface area contributed by atoms with Crippen molar-refractivity contribution in [3.63, 3.8) is 0 Å².